The molecule has 1 rings (SSSR count). The van der Waals surface area contributed by atoms with Crippen LogP contribution in [-0.2, 0) is 22.1 Å². The molecule has 0 spiro atoms. The molecule has 0 radical (unpaired) electrons. The van der Waals surface area contributed by atoms with E-state index in [4.69, 9.17) is 4.74 Å². The largest absolute Gasteiger partial charge is 0.444 e. The van der Waals surface area contributed by atoms with Crippen molar-refractivity contribution in [3.63, 3.8) is 0 Å². The zero-order valence-electron chi connectivity index (χ0n) is 12.5. The van der Waals surface area contributed by atoms with Crippen LogP contribution in [0.5, 0.6) is 0 Å². The second-order valence-corrected chi connectivity index (χ2v) is 5.79. The normalized spacial score (nSPS) is 13.4. The van der Waals surface area contributed by atoms with Gasteiger partial charge < -0.3 is 14.8 Å². The smallest absolute Gasteiger partial charge is 0.416 e. The zero-order valence-corrected chi connectivity index (χ0v) is 12.5. The number of amides is 1. The van der Waals surface area contributed by atoms with Crippen LogP contribution < -0.4 is 5.32 Å². The Morgan fingerprint density at radius 1 is 1.23 bits per heavy atom. The third-order valence-electron chi connectivity index (χ3n) is 2.60. The van der Waals surface area contributed by atoms with Crippen molar-refractivity contribution in [2.24, 2.45) is 0 Å². The predicted molar refractivity (Wildman–Crippen MR) is 74.4 cm³/mol. The summed E-state index contributed by atoms with van der Waals surface area (Å²) in [6, 6.07) is 3.55. The van der Waals surface area contributed by atoms with Crippen molar-refractivity contribution in [2.45, 2.75) is 45.0 Å². The number of alkyl carbamates (subject to hydrolysis) is 1. The van der Waals surface area contributed by atoms with Crippen LogP contribution in [-0.4, -0.2) is 24.0 Å². The van der Waals surface area contributed by atoms with E-state index in [1.807, 2.05) is 0 Å². The number of carbonyl (C=O) groups is 2. The van der Waals surface area contributed by atoms with Gasteiger partial charge in [0.25, 0.3) is 0 Å². The highest BCUT2D eigenvalue weighted by atomic mass is 19.4. The number of alkyl halides is 3. The van der Waals surface area contributed by atoms with E-state index in [0.717, 1.165) is 12.1 Å². The molecule has 0 aliphatic heterocycles. The summed E-state index contributed by atoms with van der Waals surface area (Å²) in [7, 11) is 0. The standard InChI is InChI=1S/C15H18F3NO3/c1-14(2,3)22-13(21)19-12(9-20)8-10-4-6-11(7-5-10)15(16,17)18/h4-7,9,12H,8H2,1-3H3,(H,19,21)/t12-/m0/s1. The summed E-state index contributed by atoms with van der Waals surface area (Å²) < 4.78 is 42.4. The highest BCUT2D eigenvalue weighted by Gasteiger charge is 2.30. The van der Waals surface area contributed by atoms with E-state index >= 15 is 0 Å². The molecule has 0 bridgehead atoms. The molecule has 122 valence electrons. The van der Waals surface area contributed by atoms with Crippen molar-refractivity contribution < 1.29 is 27.5 Å². The maximum absolute atomic E-state index is 12.4. The molecule has 0 aromatic heterocycles. The van der Waals surface area contributed by atoms with Crippen molar-refractivity contribution in [3.05, 3.63) is 35.4 Å². The van der Waals surface area contributed by atoms with E-state index in [9.17, 15) is 22.8 Å². The molecule has 0 aliphatic rings. The minimum absolute atomic E-state index is 0.0842. The summed E-state index contributed by atoms with van der Waals surface area (Å²) in [5.41, 5.74) is -0.966. The molecule has 0 heterocycles. The average Bonchev–Trinajstić information content (AvgIpc) is 2.35. The fourth-order valence-electron chi connectivity index (χ4n) is 1.68. The van der Waals surface area contributed by atoms with Crippen LogP contribution in [0.1, 0.15) is 31.9 Å². The van der Waals surface area contributed by atoms with Gasteiger partial charge in [0.05, 0.1) is 11.6 Å². The quantitative estimate of drug-likeness (QED) is 0.867. The van der Waals surface area contributed by atoms with E-state index in [1.165, 1.54) is 12.1 Å². The molecule has 1 N–H and O–H groups in total. The molecule has 22 heavy (non-hydrogen) atoms. The molecule has 1 aromatic carbocycles. The molecule has 1 amide bonds. The lowest BCUT2D eigenvalue weighted by atomic mass is 10.0. The number of benzene rings is 1. The summed E-state index contributed by atoms with van der Waals surface area (Å²) in [4.78, 5) is 22.5. The van der Waals surface area contributed by atoms with E-state index in [-0.39, 0.29) is 6.42 Å². The monoisotopic (exact) mass is 317 g/mol. The first-order valence-electron chi connectivity index (χ1n) is 6.62. The van der Waals surface area contributed by atoms with Crippen molar-refractivity contribution in [1.82, 2.24) is 5.32 Å². The molecule has 7 heteroatoms. The molecule has 0 fully saturated rings. The molecule has 4 nitrogen and oxygen atoms in total. The number of aldehydes is 1. The van der Waals surface area contributed by atoms with Crippen molar-refractivity contribution in [2.75, 3.05) is 0 Å². The van der Waals surface area contributed by atoms with Crippen LogP contribution in [0.3, 0.4) is 0 Å². The van der Waals surface area contributed by atoms with Crippen LogP contribution in [0, 0.1) is 0 Å². The van der Waals surface area contributed by atoms with Crippen LogP contribution in [0.25, 0.3) is 0 Å². The third-order valence-corrected chi connectivity index (χ3v) is 2.60. The molecule has 0 unspecified atom stereocenters. The Labute approximate surface area is 126 Å². The van der Waals surface area contributed by atoms with Gasteiger partial charge >= 0.3 is 12.3 Å². The summed E-state index contributed by atoms with van der Waals surface area (Å²) in [6.07, 6.45) is -4.56. The zero-order chi connectivity index (χ0) is 17.0. The first-order chi connectivity index (χ1) is 10.0. The number of carbonyl (C=O) groups excluding carboxylic acids is 2. The highest BCUT2D eigenvalue weighted by Crippen LogP contribution is 2.29. The van der Waals surface area contributed by atoms with Gasteiger partial charge in [0.2, 0.25) is 0 Å². The fourth-order valence-corrected chi connectivity index (χ4v) is 1.68. The average molecular weight is 317 g/mol. The summed E-state index contributed by atoms with van der Waals surface area (Å²) in [6.45, 7) is 5.04. The number of rotatable bonds is 4. The minimum Gasteiger partial charge on any atom is -0.444 e. The van der Waals surface area contributed by atoms with Crippen molar-refractivity contribution >= 4 is 12.4 Å². The number of nitrogens with one attached hydrogen (secondary N) is 1. The lowest BCUT2D eigenvalue weighted by molar-refractivity contribution is -0.137. The second-order valence-electron chi connectivity index (χ2n) is 5.79. The number of hydrogen-bond acceptors (Lipinski definition) is 3. The van der Waals surface area contributed by atoms with Gasteiger partial charge in [0, 0.05) is 0 Å². The van der Waals surface area contributed by atoms with Gasteiger partial charge in [-0.3, -0.25) is 0 Å². The Kier molecular flexibility index (Phi) is 5.57. The molecule has 1 atom stereocenters. The topological polar surface area (TPSA) is 55.4 Å². The predicted octanol–water partition coefficient (Wildman–Crippen LogP) is 3.34. The lowest BCUT2D eigenvalue weighted by Crippen LogP contribution is -2.41. The van der Waals surface area contributed by atoms with E-state index in [0.29, 0.717) is 11.8 Å². The van der Waals surface area contributed by atoms with Crippen LogP contribution in [0.15, 0.2) is 24.3 Å². The van der Waals surface area contributed by atoms with E-state index in [2.05, 4.69) is 5.32 Å². The molecule has 1 aromatic rings. The number of hydrogen-bond donors (Lipinski definition) is 1. The Morgan fingerprint density at radius 2 is 1.77 bits per heavy atom. The molecular formula is C15H18F3NO3. The molecule has 0 aliphatic carbocycles. The Morgan fingerprint density at radius 3 is 2.18 bits per heavy atom. The van der Waals surface area contributed by atoms with Crippen LogP contribution >= 0.6 is 0 Å². The first kappa shape index (κ1) is 18.0. The number of ether oxygens (including phenoxy) is 1. The SMILES string of the molecule is CC(C)(C)OC(=O)N[C@H](C=O)Cc1ccc(C(F)(F)F)cc1. The maximum atomic E-state index is 12.4. The van der Waals surface area contributed by atoms with E-state index < -0.39 is 29.5 Å². The number of halogens is 3. The maximum Gasteiger partial charge on any atom is 0.416 e. The summed E-state index contributed by atoms with van der Waals surface area (Å²) in [5, 5.41) is 2.37. The van der Waals surface area contributed by atoms with Gasteiger partial charge in [-0.25, -0.2) is 4.79 Å². The van der Waals surface area contributed by atoms with Gasteiger partial charge in [-0.1, -0.05) is 12.1 Å². The summed E-state index contributed by atoms with van der Waals surface area (Å²) in [5.74, 6) is 0. The fraction of sp³-hybridized carbons (Fsp3) is 0.467. The van der Waals surface area contributed by atoms with Crippen molar-refractivity contribution in [1.29, 1.82) is 0 Å². The Balaban J connectivity index is 2.67. The van der Waals surface area contributed by atoms with Gasteiger partial charge in [0.15, 0.2) is 0 Å². The minimum atomic E-state index is -4.41. The van der Waals surface area contributed by atoms with Gasteiger partial charge in [0.1, 0.15) is 11.9 Å². The van der Waals surface area contributed by atoms with E-state index in [1.54, 1.807) is 20.8 Å². The van der Waals surface area contributed by atoms with Crippen molar-refractivity contribution in [3.8, 4) is 0 Å². The molecule has 0 saturated heterocycles. The van der Waals surface area contributed by atoms with Crippen LogP contribution in [0.2, 0.25) is 0 Å². The van der Waals surface area contributed by atoms with Gasteiger partial charge in [-0.2, -0.15) is 13.2 Å². The lowest BCUT2D eigenvalue weighted by Gasteiger charge is -2.21. The van der Waals surface area contributed by atoms with Gasteiger partial charge in [-0.05, 0) is 44.9 Å². The molecular weight excluding hydrogens is 299 g/mol. The van der Waals surface area contributed by atoms with Gasteiger partial charge in [-0.15, -0.1) is 0 Å². The third kappa shape index (κ3) is 6.15. The Hall–Kier alpha value is -2.05. The summed E-state index contributed by atoms with van der Waals surface area (Å²) >= 11 is 0. The second kappa shape index (κ2) is 6.81. The first-order valence-corrected chi connectivity index (χ1v) is 6.62. The highest BCUT2D eigenvalue weighted by molar-refractivity contribution is 5.73. The van der Waals surface area contributed by atoms with Crippen LogP contribution in [0.4, 0.5) is 18.0 Å². The molecule has 0 saturated carbocycles. The Bertz CT molecular complexity index is 518.